The Morgan fingerprint density at radius 3 is 2.36 bits per heavy atom. The minimum atomic E-state index is -0.0961. The van der Waals surface area contributed by atoms with E-state index in [9.17, 15) is 9.59 Å². The second-order valence-corrected chi connectivity index (χ2v) is 6.70. The zero-order valence-electron chi connectivity index (χ0n) is 13.6. The highest BCUT2D eigenvalue weighted by Gasteiger charge is 2.25. The maximum atomic E-state index is 12.5. The van der Waals surface area contributed by atoms with Crippen molar-refractivity contribution in [3.63, 3.8) is 0 Å². The molecular weight excluding hydrogens is 363 g/mol. The summed E-state index contributed by atoms with van der Waals surface area (Å²) in [7, 11) is 0. The molecule has 3 rings (SSSR count). The Labute approximate surface area is 156 Å². The van der Waals surface area contributed by atoms with E-state index in [-0.39, 0.29) is 11.8 Å². The van der Waals surface area contributed by atoms with Crippen LogP contribution < -0.4 is 0 Å². The molecule has 132 valence electrons. The van der Waals surface area contributed by atoms with E-state index >= 15 is 0 Å². The van der Waals surface area contributed by atoms with Crippen LogP contribution in [0.5, 0.6) is 0 Å². The number of piperazine rings is 1. The van der Waals surface area contributed by atoms with Crippen LogP contribution in [0.4, 0.5) is 0 Å². The van der Waals surface area contributed by atoms with Gasteiger partial charge in [0.1, 0.15) is 5.76 Å². The molecule has 1 aliphatic rings. The van der Waals surface area contributed by atoms with Crippen molar-refractivity contribution in [2.45, 2.75) is 12.8 Å². The summed E-state index contributed by atoms with van der Waals surface area (Å²) in [5.41, 5.74) is 0.506. The number of hydrogen-bond acceptors (Lipinski definition) is 3. The Morgan fingerprint density at radius 1 is 1.00 bits per heavy atom. The van der Waals surface area contributed by atoms with E-state index in [1.165, 1.54) is 0 Å². The SMILES string of the molecule is O=C(CCc1ccco1)N1CCN(C(=O)c2ccc(Cl)c(Cl)c2)CC1. The zero-order valence-corrected chi connectivity index (χ0v) is 15.1. The Kier molecular flexibility index (Phi) is 5.66. The average molecular weight is 381 g/mol. The Balaban J connectivity index is 1.51. The fraction of sp³-hybridized carbons (Fsp3) is 0.333. The number of furan rings is 1. The zero-order chi connectivity index (χ0) is 17.8. The van der Waals surface area contributed by atoms with Gasteiger partial charge in [0.25, 0.3) is 5.91 Å². The molecule has 0 aliphatic carbocycles. The first-order valence-electron chi connectivity index (χ1n) is 8.09. The van der Waals surface area contributed by atoms with Crippen molar-refractivity contribution in [1.29, 1.82) is 0 Å². The first kappa shape index (κ1) is 17.8. The van der Waals surface area contributed by atoms with E-state index in [2.05, 4.69) is 0 Å². The summed E-state index contributed by atoms with van der Waals surface area (Å²) in [5, 5.41) is 0.782. The predicted octanol–water partition coefficient (Wildman–Crippen LogP) is 3.50. The second kappa shape index (κ2) is 7.93. The molecule has 0 N–H and O–H groups in total. The molecule has 2 amide bonds. The monoisotopic (exact) mass is 380 g/mol. The van der Waals surface area contributed by atoms with Crippen LogP contribution in [0, 0.1) is 0 Å². The predicted molar refractivity (Wildman–Crippen MR) is 96.0 cm³/mol. The van der Waals surface area contributed by atoms with Gasteiger partial charge in [-0.05, 0) is 30.3 Å². The van der Waals surface area contributed by atoms with Gasteiger partial charge in [0.05, 0.1) is 16.3 Å². The van der Waals surface area contributed by atoms with E-state index in [1.807, 2.05) is 12.1 Å². The summed E-state index contributed by atoms with van der Waals surface area (Å²) in [5.74, 6) is 0.793. The number of hydrogen-bond donors (Lipinski definition) is 0. The smallest absolute Gasteiger partial charge is 0.254 e. The van der Waals surface area contributed by atoms with Gasteiger partial charge in [-0.15, -0.1) is 0 Å². The molecule has 0 atom stereocenters. The van der Waals surface area contributed by atoms with Gasteiger partial charge in [0.15, 0.2) is 0 Å². The van der Waals surface area contributed by atoms with Gasteiger partial charge < -0.3 is 14.2 Å². The molecule has 2 aromatic rings. The van der Waals surface area contributed by atoms with Gasteiger partial charge in [0.2, 0.25) is 5.91 Å². The molecule has 1 aromatic heterocycles. The third-order valence-corrected chi connectivity index (χ3v) is 4.99. The fourth-order valence-corrected chi connectivity index (χ4v) is 3.11. The highest BCUT2D eigenvalue weighted by atomic mass is 35.5. The average Bonchev–Trinajstić information content (AvgIpc) is 3.15. The first-order valence-corrected chi connectivity index (χ1v) is 8.84. The van der Waals surface area contributed by atoms with E-state index in [1.54, 1.807) is 34.3 Å². The summed E-state index contributed by atoms with van der Waals surface area (Å²) in [4.78, 5) is 28.3. The van der Waals surface area contributed by atoms with Crippen molar-refractivity contribution in [2.75, 3.05) is 26.2 Å². The topological polar surface area (TPSA) is 53.8 Å². The molecule has 0 bridgehead atoms. The Morgan fingerprint density at radius 2 is 1.72 bits per heavy atom. The number of rotatable bonds is 4. The summed E-state index contributed by atoms with van der Waals surface area (Å²) in [6.45, 7) is 2.07. The number of nitrogens with zero attached hydrogens (tertiary/aromatic N) is 2. The van der Waals surface area contributed by atoms with E-state index < -0.39 is 0 Å². The van der Waals surface area contributed by atoms with Gasteiger partial charge in [0, 0.05) is 44.6 Å². The molecule has 25 heavy (non-hydrogen) atoms. The third-order valence-electron chi connectivity index (χ3n) is 4.25. The minimum absolute atomic E-state index is 0.0815. The molecule has 5 nitrogen and oxygen atoms in total. The number of carbonyl (C=O) groups excluding carboxylic acids is 2. The van der Waals surface area contributed by atoms with Crippen LogP contribution >= 0.6 is 23.2 Å². The number of benzene rings is 1. The second-order valence-electron chi connectivity index (χ2n) is 5.88. The number of amides is 2. The van der Waals surface area contributed by atoms with E-state index in [0.29, 0.717) is 54.6 Å². The van der Waals surface area contributed by atoms with Gasteiger partial charge in [-0.2, -0.15) is 0 Å². The lowest BCUT2D eigenvalue weighted by molar-refractivity contribution is -0.132. The molecule has 1 aliphatic heterocycles. The van der Waals surface area contributed by atoms with Crippen LogP contribution in [-0.4, -0.2) is 47.8 Å². The van der Waals surface area contributed by atoms with Crippen molar-refractivity contribution >= 4 is 35.0 Å². The normalized spacial score (nSPS) is 14.6. The Bertz CT molecular complexity index is 754. The highest BCUT2D eigenvalue weighted by Crippen LogP contribution is 2.23. The van der Waals surface area contributed by atoms with Crippen LogP contribution in [0.2, 0.25) is 10.0 Å². The van der Waals surface area contributed by atoms with Crippen LogP contribution in [0.3, 0.4) is 0 Å². The molecule has 7 heteroatoms. The largest absolute Gasteiger partial charge is 0.469 e. The lowest BCUT2D eigenvalue weighted by atomic mass is 10.1. The molecule has 0 radical (unpaired) electrons. The quantitative estimate of drug-likeness (QED) is 0.815. The van der Waals surface area contributed by atoms with Crippen molar-refractivity contribution in [3.05, 3.63) is 58.0 Å². The van der Waals surface area contributed by atoms with Gasteiger partial charge in [-0.3, -0.25) is 9.59 Å². The number of aryl methyl sites for hydroxylation is 1. The summed E-state index contributed by atoms with van der Waals surface area (Å²) in [6, 6.07) is 8.53. The van der Waals surface area contributed by atoms with Gasteiger partial charge in [-0.25, -0.2) is 0 Å². The molecule has 1 fully saturated rings. The molecular formula is C18H18Cl2N2O3. The Hall–Kier alpha value is -1.98. The molecule has 1 aromatic carbocycles. The van der Waals surface area contributed by atoms with E-state index in [0.717, 1.165) is 5.76 Å². The van der Waals surface area contributed by atoms with Crippen molar-refractivity contribution in [1.82, 2.24) is 9.80 Å². The minimum Gasteiger partial charge on any atom is -0.469 e. The standard InChI is InChI=1S/C18H18Cl2N2O3/c19-15-5-3-13(12-16(15)20)18(24)22-9-7-21(8-10-22)17(23)6-4-14-2-1-11-25-14/h1-3,5,11-12H,4,6-10H2. The maximum Gasteiger partial charge on any atom is 0.254 e. The van der Waals surface area contributed by atoms with Crippen molar-refractivity contribution in [3.8, 4) is 0 Å². The summed E-state index contributed by atoms with van der Waals surface area (Å²) < 4.78 is 5.24. The number of carbonyl (C=O) groups is 2. The number of halogens is 2. The molecule has 2 heterocycles. The van der Waals surface area contributed by atoms with Gasteiger partial charge >= 0.3 is 0 Å². The van der Waals surface area contributed by atoms with Crippen molar-refractivity contribution in [2.24, 2.45) is 0 Å². The first-order chi connectivity index (χ1) is 12.0. The maximum absolute atomic E-state index is 12.5. The lowest BCUT2D eigenvalue weighted by Gasteiger charge is -2.35. The van der Waals surface area contributed by atoms with E-state index in [4.69, 9.17) is 27.6 Å². The van der Waals surface area contributed by atoms with Gasteiger partial charge in [-0.1, -0.05) is 23.2 Å². The van der Waals surface area contributed by atoms with Crippen LogP contribution in [0.15, 0.2) is 41.0 Å². The van der Waals surface area contributed by atoms with Crippen LogP contribution in [-0.2, 0) is 11.2 Å². The van der Waals surface area contributed by atoms with Crippen LogP contribution in [0.25, 0.3) is 0 Å². The molecule has 0 spiro atoms. The molecule has 1 saturated heterocycles. The lowest BCUT2D eigenvalue weighted by Crippen LogP contribution is -2.50. The highest BCUT2D eigenvalue weighted by molar-refractivity contribution is 6.42. The van der Waals surface area contributed by atoms with Crippen LogP contribution in [0.1, 0.15) is 22.5 Å². The molecule has 0 unspecified atom stereocenters. The fourth-order valence-electron chi connectivity index (χ4n) is 2.81. The molecule has 0 saturated carbocycles. The third kappa shape index (κ3) is 4.35. The summed E-state index contributed by atoms with van der Waals surface area (Å²) >= 11 is 11.9. The summed E-state index contributed by atoms with van der Waals surface area (Å²) in [6.07, 6.45) is 2.61. The van der Waals surface area contributed by atoms with Crippen molar-refractivity contribution < 1.29 is 14.0 Å².